The Kier molecular flexibility index (Phi) is 4.99. The number of aliphatic hydroxyl groups excluding tert-OH is 1. The van der Waals surface area contributed by atoms with Crippen LogP contribution in [0.5, 0.6) is 0 Å². The molecule has 2 heterocycles. The predicted molar refractivity (Wildman–Crippen MR) is 115 cm³/mol. The van der Waals surface area contributed by atoms with Gasteiger partial charge in [-0.25, -0.2) is 0 Å². The van der Waals surface area contributed by atoms with Gasteiger partial charge >= 0.3 is 0 Å². The highest BCUT2D eigenvalue weighted by molar-refractivity contribution is 7.16. The van der Waals surface area contributed by atoms with E-state index in [9.17, 15) is 20.4 Å². The predicted octanol–water partition coefficient (Wildman–Crippen LogP) is 4.71. The van der Waals surface area contributed by atoms with E-state index in [0.717, 1.165) is 41.7 Å². The summed E-state index contributed by atoms with van der Waals surface area (Å²) >= 11 is 1.39. The Morgan fingerprint density at radius 1 is 1.20 bits per heavy atom. The van der Waals surface area contributed by atoms with Crippen molar-refractivity contribution in [2.75, 3.05) is 4.90 Å². The normalized spacial score (nSPS) is 17.1. The summed E-state index contributed by atoms with van der Waals surface area (Å²) in [6.07, 6.45) is 4.93. The summed E-state index contributed by atoms with van der Waals surface area (Å²) < 4.78 is 0. The van der Waals surface area contributed by atoms with E-state index in [4.69, 9.17) is 5.41 Å². The summed E-state index contributed by atoms with van der Waals surface area (Å²) in [6, 6.07) is 11.1. The number of aliphatic hydroxyl groups is 1. The molecule has 7 heteroatoms. The van der Waals surface area contributed by atoms with Crippen molar-refractivity contribution in [1.82, 2.24) is 0 Å². The molecule has 0 fully saturated rings. The van der Waals surface area contributed by atoms with E-state index in [-0.39, 0.29) is 22.9 Å². The van der Waals surface area contributed by atoms with Crippen LogP contribution >= 0.6 is 11.3 Å². The first-order valence-electron chi connectivity index (χ1n) is 9.56. The lowest BCUT2D eigenvalue weighted by molar-refractivity contribution is 0.104. The monoisotopic (exact) mass is 414 g/mol. The van der Waals surface area contributed by atoms with Gasteiger partial charge in [0.1, 0.15) is 22.7 Å². The number of amidine groups is 1. The molecule has 148 valence electrons. The number of fused-ring (bicyclic) bond motifs is 1. The lowest BCUT2D eigenvalue weighted by Gasteiger charge is -2.19. The van der Waals surface area contributed by atoms with Crippen LogP contribution in [0.3, 0.4) is 0 Å². The number of nitriles is 2. The van der Waals surface area contributed by atoms with E-state index in [1.165, 1.54) is 22.3 Å². The van der Waals surface area contributed by atoms with Crippen LogP contribution in [0, 0.1) is 35.0 Å². The van der Waals surface area contributed by atoms with Crippen LogP contribution in [0.1, 0.15) is 44.8 Å². The molecule has 1 aromatic carbocycles. The molecule has 0 saturated heterocycles. The largest absolute Gasteiger partial charge is 0.504 e. The first-order chi connectivity index (χ1) is 14.5. The SMILES string of the molecule is Cc1ccc(C(=O)C=C2C(O)=C(C#N)C(=N)N2c2sc3c(c2C#N)CCCC3)cc1. The third-order valence-electron chi connectivity index (χ3n) is 5.36. The van der Waals surface area contributed by atoms with E-state index in [0.29, 0.717) is 16.1 Å². The Balaban J connectivity index is 1.85. The number of aryl methyl sites for hydroxylation is 2. The highest BCUT2D eigenvalue weighted by atomic mass is 32.1. The number of benzene rings is 1. The van der Waals surface area contributed by atoms with Gasteiger partial charge in [0, 0.05) is 16.5 Å². The Labute approximate surface area is 178 Å². The number of thiophene rings is 1. The highest BCUT2D eigenvalue weighted by Crippen LogP contribution is 2.44. The average Bonchev–Trinajstić information content (AvgIpc) is 3.22. The number of ketones is 1. The van der Waals surface area contributed by atoms with Gasteiger partial charge in [0.25, 0.3) is 0 Å². The second-order valence-corrected chi connectivity index (χ2v) is 8.37. The van der Waals surface area contributed by atoms with Crippen LogP contribution in [0.2, 0.25) is 0 Å². The van der Waals surface area contributed by atoms with E-state index in [2.05, 4.69) is 6.07 Å². The zero-order valence-corrected chi connectivity index (χ0v) is 17.1. The molecule has 0 amide bonds. The van der Waals surface area contributed by atoms with Crippen LogP contribution in [0.25, 0.3) is 0 Å². The number of nitrogens with zero attached hydrogens (tertiary/aromatic N) is 3. The minimum Gasteiger partial charge on any atom is -0.504 e. The highest BCUT2D eigenvalue weighted by Gasteiger charge is 2.38. The molecule has 0 unspecified atom stereocenters. The maximum atomic E-state index is 12.8. The minimum atomic E-state index is -0.418. The van der Waals surface area contributed by atoms with Gasteiger partial charge in [0.05, 0.1) is 11.3 Å². The van der Waals surface area contributed by atoms with Crippen molar-refractivity contribution < 1.29 is 9.90 Å². The molecule has 1 aromatic heterocycles. The van der Waals surface area contributed by atoms with Crippen molar-refractivity contribution in [3.63, 3.8) is 0 Å². The van der Waals surface area contributed by atoms with Crippen LogP contribution < -0.4 is 4.90 Å². The Morgan fingerprint density at radius 3 is 2.57 bits per heavy atom. The molecule has 1 aliphatic carbocycles. The Hall–Kier alpha value is -3.68. The third-order valence-corrected chi connectivity index (χ3v) is 6.64. The second-order valence-electron chi connectivity index (χ2n) is 7.28. The second kappa shape index (κ2) is 7.62. The Bertz CT molecular complexity index is 1220. The molecule has 4 rings (SSSR count). The number of nitrogens with one attached hydrogen (secondary N) is 1. The summed E-state index contributed by atoms with van der Waals surface area (Å²) in [5.41, 5.74) is 2.72. The third kappa shape index (κ3) is 3.10. The van der Waals surface area contributed by atoms with Gasteiger partial charge in [-0.1, -0.05) is 29.8 Å². The summed E-state index contributed by atoms with van der Waals surface area (Å²) in [5, 5.41) is 38.8. The molecule has 6 nitrogen and oxygen atoms in total. The van der Waals surface area contributed by atoms with Crippen molar-refractivity contribution in [2.24, 2.45) is 0 Å². The molecular weight excluding hydrogens is 396 g/mol. The van der Waals surface area contributed by atoms with Gasteiger partial charge in [0.2, 0.25) is 0 Å². The first kappa shape index (κ1) is 19.6. The van der Waals surface area contributed by atoms with Gasteiger partial charge in [-0.3, -0.25) is 15.1 Å². The molecule has 0 saturated carbocycles. The molecule has 0 spiro atoms. The maximum absolute atomic E-state index is 12.8. The quantitative estimate of drug-likeness (QED) is 0.558. The van der Waals surface area contributed by atoms with Gasteiger partial charge < -0.3 is 5.11 Å². The van der Waals surface area contributed by atoms with Gasteiger partial charge in [-0.15, -0.1) is 11.3 Å². The lowest BCUT2D eigenvalue weighted by atomic mass is 9.96. The topological polar surface area (TPSA) is 112 Å². The lowest BCUT2D eigenvalue weighted by Crippen LogP contribution is -2.25. The molecule has 1 aliphatic heterocycles. The molecule has 0 atom stereocenters. The smallest absolute Gasteiger partial charge is 0.188 e. The molecule has 0 radical (unpaired) electrons. The van der Waals surface area contributed by atoms with Crippen molar-refractivity contribution in [3.8, 4) is 12.1 Å². The summed E-state index contributed by atoms with van der Waals surface area (Å²) in [4.78, 5) is 15.3. The average molecular weight is 414 g/mol. The fraction of sp³-hybridized carbons (Fsp3) is 0.217. The fourth-order valence-corrected chi connectivity index (χ4v) is 5.14. The fourth-order valence-electron chi connectivity index (χ4n) is 3.78. The van der Waals surface area contributed by atoms with E-state index in [1.807, 2.05) is 25.1 Å². The summed E-state index contributed by atoms with van der Waals surface area (Å²) in [6.45, 7) is 1.92. The van der Waals surface area contributed by atoms with Crippen LogP contribution in [0.4, 0.5) is 5.00 Å². The molecule has 2 aromatic rings. The van der Waals surface area contributed by atoms with Crippen molar-refractivity contribution in [1.29, 1.82) is 15.9 Å². The zero-order valence-electron chi connectivity index (χ0n) is 16.3. The maximum Gasteiger partial charge on any atom is 0.188 e. The number of rotatable bonds is 3. The number of hydrogen-bond acceptors (Lipinski definition) is 6. The number of carbonyl (C=O) groups excluding carboxylic acids is 1. The van der Waals surface area contributed by atoms with Crippen molar-refractivity contribution in [2.45, 2.75) is 32.6 Å². The molecule has 2 aliphatic rings. The number of anilines is 1. The van der Waals surface area contributed by atoms with E-state index < -0.39 is 5.76 Å². The van der Waals surface area contributed by atoms with Crippen LogP contribution in [-0.2, 0) is 12.8 Å². The van der Waals surface area contributed by atoms with Crippen LogP contribution in [0.15, 0.2) is 47.4 Å². The summed E-state index contributed by atoms with van der Waals surface area (Å²) in [7, 11) is 0. The minimum absolute atomic E-state index is 0.0530. The molecule has 30 heavy (non-hydrogen) atoms. The summed E-state index contributed by atoms with van der Waals surface area (Å²) in [5.74, 6) is -1.00. The Morgan fingerprint density at radius 2 is 1.90 bits per heavy atom. The van der Waals surface area contributed by atoms with E-state index in [1.54, 1.807) is 12.1 Å². The molecule has 2 N–H and O–H groups in total. The standard InChI is InChI=1S/C23H18N4O2S/c1-13-6-8-14(9-7-13)19(28)10-18-21(29)17(12-25)22(26)27(18)23-16(11-24)15-4-2-3-5-20(15)30-23/h6-10,26,29H,2-5H2,1H3. The van der Waals surface area contributed by atoms with Crippen molar-refractivity contribution >= 4 is 28.0 Å². The van der Waals surface area contributed by atoms with Gasteiger partial charge in [-0.05, 0) is 38.2 Å². The van der Waals surface area contributed by atoms with Gasteiger partial charge in [-0.2, -0.15) is 10.5 Å². The number of carbonyl (C=O) groups is 1. The molecule has 0 bridgehead atoms. The zero-order chi connectivity index (χ0) is 21.4. The first-order valence-corrected chi connectivity index (χ1v) is 10.4. The van der Waals surface area contributed by atoms with E-state index >= 15 is 0 Å². The van der Waals surface area contributed by atoms with Crippen LogP contribution in [-0.4, -0.2) is 16.7 Å². The number of allylic oxidation sites excluding steroid dienone is 1. The number of hydrogen-bond donors (Lipinski definition) is 2. The van der Waals surface area contributed by atoms with Crippen molar-refractivity contribution in [3.05, 3.63) is 74.5 Å². The van der Waals surface area contributed by atoms with Gasteiger partial charge in [0.15, 0.2) is 17.4 Å². The molecular formula is C23H18N4O2S.